The van der Waals surface area contributed by atoms with Gasteiger partial charge in [0.2, 0.25) is 0 Å². The van der Waals surface area contributed by atoms with E-state index in [2.05, 4.69) is 55.5 Å². The minimum Gasteiger partial charge on any atom is -0.466 e. The Bertz CT molecular complexity index is 389. The maximum absolute atomic E-state index is 11.2. The van der Waals surface area contributed by atoms with Crippen LogP contribution in [0.3, 0.4) is 0 Å². The molecule has 0 saturated heterocycles. The zero-order valence-electron chi connectivity index (χ0n) is 15.7. The summed E-state index contributed by atoms with van der Waals surface area (Å²) in [6, 6.07) is 0. The molecule has 0 rings (SSSR count). The maximum atomic E-state index is 11.2. The van der Waals surface area contributed by atoms with Gasteiger partial charge in [-0.3, -0.25) is 4.79 Å². The van der Waals surface area contributed by atoms with E-state index in [-0.39, 0.29) is 5.97 Å². The van der Waals surface area contributed by atoms with Crippen LogP contribution in [0.4, 0.5) is 0 Å². The fourth-order valence-corrected chi connectivity index (χ4v) is 2.22. The van der Waals surface area contributed by atoms with Crippen molar-refractivity contribution in [2.75, 3.05) is 6.61 Å². The molecule has 0 saturated carbocycles. The van der Waals surface area contributed by atoms with Crippen molar-refractivity contribution >= 4 is 5.97 Å². The van der Waals surface area contributed by atoms with E-state index in [1.165, 1.54) is 12.8 Å². The van der Waals surface area contributed by atoms with Gasteiger partial charge in [0.05, 0.1) is 6.61 Å². The van der Waals surface area contributed by atoms with Crippen molar-refractivity contribution < 1.29 is 9.53 Å². The van der Waals surface area contributed by atoms with Crippen LogP contribution in [0.5, 0.6) is 0 Å². The Hall–Kier alpha value is -1.57. The summed E-state index contributed by atoms with van der Waals surface area (Å²) in [7, 11) is 0. The summed E-state index contributed by atoms with van der Waals surface area (Å²) < 4.78 is 4.91. The highest BCUT2D eigenvalue weighted by atomic mass is 16.5. The zero-order valence-corrected chi connectivity index (χ0v) is 15.7. The lowest BCUT2D eigenvalue weighted by atomic mass is 10.1. The first-order chi connectivity index (χ1) is 11.8. The highest BCUT2D eigenvalue weighted by Gasteiger charge is 1.99. The monoisotopic (exact) mass is 332 g/mol. The molecule has 0 aromatic carbocycles. The first-order valence-electron chi connectivity index (χ1n) is 9.56. The van der Waals surface area contributed by atoms with E-state index in [0.717, 1.165) is 44.9 Å². The van der Waals surface area contributed by atoms with Gasteiger partial charge in [0.15, 0.2) is 0 Å². The number of hydrogen-bond donors (Lipinski definition) is 0. The standard InChI is InChI=1S/C22H36O2/c1-3-5-6-7-8-9-10-11-12-13-14-15-16-17-18-19-20-21-22(23)24-4-2/h5-6,8-9,11-12,14-15H,3-4,7,10,13,16-21H2,1-2H3/b6-5?,9-8?,12-11?,15-14-. The van der Waals surface area contributed by atoms with Crippen LogP contribution in [0, 0.1) is 0 Å². The summed E-state index contributed by atoms with van der Waals surface area (Å²) in [4.78, 5) is 11.2. The number of allylic oxidation sites excluding steroid dienone is 8. The molecule has 0 spiro atoms. The van der Waals surface area contributed by atoms with Crippen LogP contribution in [0.25, 0.3) is 0 Å². The van der Waals surface area contributed by atoms with Crippen molar-refractivity contribution in [1.29, 1.82) is 0 Å². The van der Waals surface area contributed by atoms with Crippen LogP contribution in [0.2, 0.25) is 0 Å². The smallest absolute Gasteiger partial charge is 0.305 e. The number of carbonyl (C=O) groups is 1. The molecule has 0 fully saturated rings. The highest BCUT2D eigenvalue weighted by molar-refractivity contribution is 5.69. The molecule has 0 radical (unpaired) electrons. The Balaban J connectivity index is 3.36. The van der Waals surface area contributed by atoms with Crippen LogP contribution < -0.4 is 0 Å². The van der Waals surface area contributed by atoms with E-state index in [1.807, 2.05) is 6.92 Å². The highest BCUT2D eigenvalue weighted by Crippen LogP contribution is 2.07. The van der Waals surface area contributed by atoms with Gasteiger partial charge in [-0.25, -0.2) is 0 Å². The summed E-state index contributed by atoms with van der Waals surface area (Å²) in [5, 5.41) is 0. The Kier molecular flexibility index (Phi) is 18.2. The molecule has 0 bridgehead atoms. The first-order valence-corrected chi connectivity index (χ1v) is 9.56. The molecule has 0 atom stereocenters. The van der Waals surface area contributed by atoms with Gasteiger partial charge in [-0.1, -0.05) is 68.4 Å². The van der Waals surface area contributed by atoms with E-state index >= 15 is 0 Å². The fraction of sp³-hybridized carbons (Fsp3) is 0.591. The molecule has 0 aromatic rings. The predicted molar refractivity (Wildman–Crippen MR) is 105 cm³/mol. The summed E-state index contributed by atoms with van der Waals surface area (Å²) in [5.41, 5.74) is 0. The molecule has 0 amide bonds. The Morgan fingerprint density at radius 2 is 1.25 bits per heavy atom. The zero-order chi connectivity index (χ0) is 17.7. The summed E-state index contributed by atoms with van der Waals surface area (Å²) in [6.07, 6.45) is 28.2. The van der Waals surface area contributed by atoms with Crippen molar-refractivity contribution in [1.82, 2.24) is 0 Å². The van der Waals surface area contributed by atoms with Gasteiger partial charge in [0.25, 0.3) is 0 Å². The van der Waals surface area contributed by atoms with Crippen molar-refractivity contribution in [3.05, 3.63) is 48.6 Å². The largest absolute Gasteiger partial charge is 0.466 e. The number of rotatable bonds is 15. The topological polar surface area (TPSA) is 26.3 Å². The van der Waals surface area contributed by atoms with Gasteiger partial charge in [0, 0.05) is 6.42 Å². The van der Waals surface area contributed by atoms with E-state index < -0.39 is 0 Å². The van der Waals surface area contributed by atoms with Crippen LogP contribution in [-0.4, -0.2) is 12.6 Å². The Morgan fingerprint density at radius 3 is 1.83 bits per heavy atom. The molecule has 0 aromatic heterocycles. The molecule has 2 heteroatoms. The normalized spacial score (nSPS) is 12.2. The summed E-state index contributed by atoms with van der Waals surface area (Å²) in [5.74, 6) is -0.0588. The number of unbranched alkanes of at least 4 members (excludes halogenated alkanes) is 4. The molecule has 0 heterocycles. The lowest BCUT2D eigenvalue weighted by Gasteiger charge is -2.01. The SMILES string of the molecule is CCC=CCC=CCC=CC/C=C\CCCCCCC(=O)OCC. The van der Waals surface area contributed by atoms with E-state index in [1.54, 1.807) is 0 Å². The predicted octanol–water partition coefficient (Wildman–Crippen LogP) is 6.70. The van der Waals surface area contributed by atoms with E-state index in [4.69, 9.17) is 4.74 Å². The molecule has 0 aliphatic heterocycles. The maximum Gasteiger partial charge on any atom is 0.305 e. The third kappa shape index (κ3) is 18.5. The summed E-state index contributed by atoms with van der Waals surface area (Å²) >= 11 is 0. The van der Waals surface area contributed by atoms with Crippen LogP contribution in [0.15, 0.2) is 48.6 Å². The summed E-state index contributed by atoms with van der Waals surface area (Å²) in [6.45, 7) is 4.50. The Morgan fingerprint density at radius 1 is 0.708 bits per heavy atom. The number of esters is 1. The minimum absolute atomic E-state index is 0.0588. The van der Waals surface area contributed by atoms with Gasteiger partial charge >= 0.3 is 5.97 Å². The molecule has 24 heavy (non-hydrogen) atoms. The molecule has 0 N–H and O–H groups in total. The van der Waals surface area contributed by atoms with Gasteiger partial charge in [0.1, 0.15) is 0 Å². The molecular weight excluding hydrogens is 296 g/mol. The average molecular weight is 333 g/mol. The second-order valence-electron chi connectivity index (χ2n) is 5.76. The van der Waals surface area contributed by atoms with Crippen molar-refractivity contribution in [2.24, 2.45) is 0 Å². The third-order valence-electron chi connectivity index (χ3n) is 3.53. The quantitative estimate of drug-likeness (QED) is 0.189. The fourth-order valence-electron chi connectivity index (χ4n) is 2.22. The molecular formula is C22H36O2. The van der Waals surface area contributed by atoms with Gasteiger partial charge in [-0.15, -0.1) is 0 Å². The molecule has 0 unspecified atom stereocenters. The van der Waals surface area contributed by atoms with Crippen molar-refractivity contribution in [2.45, 2.75) is 78.1 Å². The second-order valence-corrected chi connectivity index (χ2v) is 5.76. The molecule has 0 aliphatic carbocycles. The number of carbonyl (C=O) groups excluding carboxylic acids is 1. The van der Waals surface area contributed by atoms with Gasteiger partial charge in [-0.05, 0) is 51.9 Å². The van der Waals surface area contributed by atoms with Gasteiger partial charge in [-0.2, -0.15) is 0 Å². The van der Waals surface area contributed by atoms with Crippen LogP contribution in [-0.2, 0) is 9.53 Å². The molecule has 0 aliphatic rings. The van der Waals surface area contributed by atoms with Crippen LogP contribution >= 0.6 is 0 Å². The van der Waals surface area contributed by atoms with E-state index in [9.17, 15) is 4.79 Å². The first kappa shape index (κ1) is 22.4. The average Bonchev–Trinajstić information content (AvgIpc) is 2.58. The van der Waals surface area contributed by atoms with Crippen molar-refractivity contribution in [3.63, 3.8) is 0 Å². The van der Waals surface area contributed by atoms with Gasteiger partial charge < -0.3 is 4.74 Å². The minimum atomic E-state index is -0.0588. The lowest BCUT2D eigenvalue weighted by Crippen LogP contribution is -2.02. The van der Waals surface area contributed by atoms with Crippen LogP contribution in [0.1, 0.15) is 78.1 Å². The third-order valence-corrected chi connectivity index (χ3v) is 3.53. The lowest BCUT2D eigenvalue weighted by molar-refractivity contribution is -0.143. The molecule has 2 nitrogen and oxygen atoms in total. The molecule has 136 valence electrons. The number of ether oxygens (including phenoxy) is 1. The second kappa shape index (κ2) is 19.5. The van der Waals surface area contributed by atoms with E-state index in [0.29, 0.717) is 13.0 Å². The Labute approximate surface area is 149 Å². The number of hydrogen-bond acceptors (Lipinski definition) is 2. The van der Waals surface area contributed by atoms with Crippen molar-refractivity contribution in [3.8, 4) is 0 Å².